The van der Waals surface area contributed by atoms with Crippen LogP contribution in [0.15, 0.2) is 30.5 Å². The number of carbonyl (C=O) groups is 2. The van der Waals surface area contributed by atoms with Crippen LogP contribution in [0.2, 0.25) is 0 Å². The molecule has 1 aliphatic rings. The topological polar surface area (TPSA) is 85.4 Å². The van der Waals surface area contributed by atoms with Crippen LogP contribution in [0.1, 0.15) is 24.8 Å². The summed E-state index contributed by atoms with van der Waals surface area (Å²) in [6, 6.07) is 6.53. The van der Waals surface area contributed by atoms with Gasteiger partial charge in [-0.05, 0) is 30.9 Å². The average molecular weight is 315 g/mol. The van der Waals surface area contributed by atoms with Crippen molar-refractivity contribution in [2.45, 2.75) is 31.7 Å². The summed E-state index contributed by atoms with van der Waals surface area (Å²) in [5.41, 5.74) is 1.86. The number of nitrogens with zero attached hydrogens (tertiary/aromatic N) is 1. The van der Waals surface area contributed by atoms with Gasteiger partial charge in [0.25, 0.3) is 0 Å². The Morgan fingerprint density at radius 2 is 1.96 bits per heavy atom. The molecule has 1 aliphatic heterocycles. The number of benzene rings is 1. The van der Waals surface area contributed by atoms with E-state index in [1.54, 1.807) is 4.90 Å². The Labute approximate surface area is 134 Å². The Morgan fingerprint density at radius 1 is 1.22 bits per heavy atom. The first-order chi connectivity index (χ1) is 11.1. The molecule has 1 saturated heterocycles. The van der Waals surface area contributed by atoms with Gasteiger partial charge in [-0.2, -0.15) is 0 Å². The number of H-pyrrole nitrogens is 1. The molecule has 122 valence electrons. The Morgan fingerprint density at radius 3 is 2.70 bits per heavy atom. The molecular weight excluding hydrogens is 294 g/mol. The quantitative estimate of drug-likeness (QED) is 0.809. The van der Waals surface area contributed by atoms with Gasteiger partial charge in [0.15, 0.2) is 0 Å². The number of nitrogens with one attached hydrogen (secondary N) is 2. The molecule has 6 heteroatoms. The Bertz CT molecular complexity index is 704. The van der Waals surface area contributed by atoms with Crippen molar-refractivity contribution in [3.05, 3.63) is 36.0 Å². The van der Waals surface area contributed by atoms with Crippen LogP contribution in [0, 0.1) is 0 Å². The number of urea groups is 1. The average Bonchev–Trinajstić information content (AvgIpc) is 2.98. The van der Waals surface area contributed by atoms with Crippen molar-refractivity contribution >= 4 is 22.9 Å². The number of hydrogen-bond acceptors (Lipinski definition) is 2. The molecule has 23 heavy (non-hydrogen) atoms. The van der Waals surface area contributed by atoms with Crippen LogP contribution in [0.5, 0.6) is 0 Å². The fourth-order valence-corrected chi connectivity index (χ4v) is 3.06. The number of fused-ring (bicyclic) bond motifs is 1. The van der Waals surface area contributed by atoms with Gasteiger partial charge >= 0.3 is 12.0 Å². The number of amides is 2. The third kappa shape index (κ3) is 3.47. The van der Waals surface area contributed by atoms with E-state index < -0.39 is 12.0 Å². The second-order valence-electron chi connectivity index (χ2n) is 5.95. The van der Waals surface area contributed by atoms with E-state index in [9.17, 15) is 14.7 Å². The zero-order valence-electron chi connectivity index (χ0n) is 12.9. The minimum Gasteiger partial charge on any atom is -0.480 e. The second kappa shape index (κ2) is 6.73. The number of aromatic nitrogens is 1. The van der Waals surface area contributed by atoms with Gasteiger partial charge < -0.3 is 20.3 Å². The van der Waals surface area contributed by atoms with Crippen LogP contribution < -0.4 is 5.32 Å². The van der Waals surface area contributed by atoms with Crippen molar-refractivity contribution in [1.29, 1.82) is 0 Å². The maximum atomic E-state index is 12.2. The van der Waals surface area contributed by atoms with E-state index in [1.807, 2.05) is 30.5 Å². The maximum Gasteiger partial charge on any atom is 0.326 e. The zero-order valence-corrected chi connectivity index (χ0v) is 12.9. The molecule has 1 atom stereocenters. The number of piperidine rings is 1. The van der Waals surface area contributed by atoms with E-state index in [0.717, 1.165) is 35.7 Å². The van der Waals surface area contributed by atoms with Gasteiger partial charge in [-0.1, -0.05) is 18.2 Å². The number of rotatable bonds is 4. The summed E-state index contributed by atoms with van der Waals surface area (Å²) in [6.45, 7) is 1.40. The lowest BCUT2D eigenvalue weighted by atomic mass is 10.1. The van der Waals surface area contributed by atoms with Crippen LogP contribution >= 0.6 is 0 Å². The lowest BCUT2D eigenvalue weighted by Gasteiger charge is -2.28. The SMILES string of the molecule is O=C(O)[C@H](Cc1c[nH]c2ccccc12)NC(=O)N1CCCCC1. The highest BCUT2D eigenvalue weighted by molar-refractivity contribution is 5.86. The van der Waals surface area contributed by atoms with Crippen molar-refractivity contribution < 1.29 is 14.7 Å². The second-order valence-corrected chi connectivity index (χ2v) is 5.95. The highest BCUT2D eigenvalue weighted by Gasteiger charge is 2.25. The molecule has 0 saturated carbocycles. The van der Waals surface area contributed by atoms with Crippen LogP contribution in [0.3, 0.4) is 0 Å². The van der Waals surface area contributed by atoms with Crippen molar-refractivity contribution in [2.24, 2.45) is 0 Å². The summed E-state index contributed by atoms with van der Waals surface area (Å²) < 4.78 is 0. The number of aliphatic carboxylic acids is 1. The third-order valence-electron chi connectivity index (χ3n) is 4.34. The standard InChI is InChI=1S/C17H21N3O3/c21-16(22)15(19-17(23)20-8-4-1-5-9-20)10-12-11-18-14-7-3-2-6-13(12)14/h2-3,6-7,11,15,18H,1,4-5,8-10H2,(H,19,23)(H,21,22)/t15-/m0/s1. The van der Waals surface area contributed by atoms with Gasteiger partial charge in [-0.25, -0.2) is 9.59 Å². The summed E-state index contributed by atoms with van der Waals surface area (Å²) in [4.78, 5) is 28.6. The van der Waals surface area contributed by atoms with Crippen LogP contribution in [0.25, 0.3) is 10.9 Å². The van der Waals surface area contributed by atoms with E-state index in [4.69, 9.17) is 0 Å². The number of carboxylic acid groups (broad SMARTS) is 1. The number of carbonyl (C=O) groups excluding carboxylic acids is 1. The minimum absolute atomic E-state index is 0.263. The highest BCUT2D eigenvalue weighted by Crippen LogP contribution is 2.19. The van der Waals surface area contributed by atoms with E-state index in [-0.39, 0.29) is 12.5 Å². The van der Waals surface area contributed by atoms with Crippen molar-refractivity contribution in [3.8, 4) is 0 Å². The summed E-state index contributed by atoms with van der Waals surface area (Å²) in [5.74, 6) is -1.01. The predicted molar refractivity (Wildman–Crippen MR) is 87.4 cm³/mol. The van der Waals surface area contributed by atoms with E-state index in [2.05, 4.69) is 10.3 Å². The molecule has 2 heterocycles. The summed E-state index contributed by atoms with van der Waals surface area (Å²) in [7, 11) is 0. The normalized spacial score (nSPS) is 16.3. The Balaban J connectivity index is 1.71. The predicted octanol–water partition coefficient (Wildman–Crippen LogP) is 2.36. The van der Waals surface area contributed by atoms with Gasteiger partial charge in [0.2, 0.25) is 0 Å². The van der Waals surface area contributed by atoms with Crippen LogP contribution in [-0.2, 0) is 11.2 Å². The number of aromatic amines is 1. The molecule has 3 rings (SSSR count). The minimum atomic E-state index is -1.01. The molecule has 3 N–H and O–H groups in total. The van der Waals surface area contributed by atoms with Crippen LogP contribution in [-0.4, -0.2) is 46.1 Å². The van der Waals surface area contributed by atoms with Crippen molar-refractivity contribution in [3.63, 3.8) is 0 Å². The number of hydrogen-bond donors (Lipinski definition) is 3. The molecule has 1 aromatic heterocycles. The van der Waals surface area contributed by atoms with Crippen LogP contribution in [0.4, 0.5) is 4.79 Å². The number of carboxylic acids is 1. The largest absolute Gasteiger partial charge is 0.480 e. The van der Waals surface area contributed by atoms with Gasteiger partial charge in [-0.15, -0.1) is 0 Å². The first-order valence-electron chi connectivity index (χ1n) is 7.98. The number of likely N-dealkylation sites (tertiary alicyclic amines) is 1. The molecule has 2 aromatic rings. The van der Waals surface area contributed by atoms with Crippen molar-refractivity contribution in [2.75, 3.05) is 13.1 Å². The maximum absolute atomic E-state index is 12.2. The summed E-state index contributed by atoms with van der Waals surface area (Å²) >= 11 is 0. The molecular formula is C17H21N3O3. The summed E-state index contributed by atoms with van der Waals surface area (Å²) in [6.07, 6.45) is 5.16. The molecule has 0 aliphatic carbocycles. The molecule has 6 nitrogen and oxygen atoms in total. The molecule has 1 aromatic carbocycles. The van der Waals surface area contributed by atoms with Gasteiger partial charge in [0.05, 0.1) is 0 Å². The first-order valence-corrected chi connectivity index (χ1v) is 7.98. The third-order valence-corrected chi connectivity index (χ3v) is 4.34. The monoisotopic (exact) mass is 315 g/mol. The Hall–Kier alpha value is -2.50. The first kappa shape index (κ1) is 15.4. The highest BCUT2D eigenvalue weighted by atomic mass is 16.4. The van der Waals surface area contributed by atoms with Gasteiger partial charge in [0, 0.05) is 36.6 Å². The number of para-hydroxylation sites is 1. The fourth-order valence-electron chi connectivity index (χ4n) is 3.06. The molecule has 0 radical (unpaired) electrons. The van der Waals surface area contributed by atoms with Gasteiger partial charge in [-0.3, -0.25) is 0 Å². The Kier molecular flexibility index (Phi) is 4.50. The molecule has 0 unspecified atom stereocenters. The summed E-state index contributed by atoms with van der Waals surface area (Å²) in [5, 5.41) is 13.1. The zero-order chi connectivity index (χ0) is 16.2. The van der Waals surface area contributed by atoms with Gasteiger partial charge in [0.1, 0.15) is 6.04 Å². The van der Waals surface area contributed by atoms with E-state index >= 15 is 0 Å². The molecule has 0 bridgehead atoms. The fraction of sp³-hybridized carbons (Fsp3) is 0.412. The smallest absolute Gasteiger partial charge is 0.326 e. The lowest BCUT2D eigenvalue weighted by Crippen LogP contribution is -2.50. The lowest BCUT2D eigenvalue weighted by molar-refractivity contribution is -0.139. The molecule has 1 fully saturated rings. The van der Waals surface area contributed by atoms with E-state index in [0.29, 0.717) is 13.1 Å². The molecule has 2 amide bonds. The van der Waals surface area contributed by atoms with E-state index in [1.165, 1.54) is 0 Å². The van der Waals surface area contributed by atoms with Crippen molar-refractivity contribution in [1.82, 2.24) is 15.2 Å². The molecule has 0 spiro atoms.